The van der Waals surface area contributed by atoms with E-state index < -0.39 is 0 Å². The number of benzene rings is 1. The van der Waals surface area contributed by atoms with E-state index >= 15 is 0 Å². The average molecular weight is 264 g/mol. The van der Waals surface area contributed by atoms with Crippen molar-refractivity contribution < 1.29 is 14.3 Å². The molecule has 0 aromatic heterocycles. The molecule has 104 valence electrons. The maximum Gasteiger partial charge on any atom is 0.258 e. The molecule has 5 nitrogen and oxygen atoms in total. The first-order chi connectivity index (χ1) is 9.22. The number of anilines is 1. The highest BCUT2D eigenvalue weighted by Gasteiger charge is 2.01. The van der Waals surface area contributed by atoms with Crippen LogP contribution in [0.3, 0.4) is 0 Å². The van der Waals surface area contributed by atoms with E-state index in [0.29, 0.717) is 31.2 Å². The molecule has 0 atom stereocenters. The smallest absolute Gasteiger partial charge is 0.258 e. The van der Waals surface area contributed by atoms with Crippen molar-refractivity contribution in [2.75, 3.05) is 32.1 Å². The summed E-state index contributed by atoms with van der Waals surface area (Å²) in [5, 5.41) is 2.70. The van der Waals surface area contributed by atoms with Gasteiger partial charge < -0.3 is 20.5 Å². The van der Waals surface area contributed by atoms with Gasteiger partial charge in [-0.15, -0.1) is 6.58 Å². The van der Waals surface area contributed by atoms with Crippen molar-refractivity contribution in [2.45, 2.75) is 6.42 Å². The summed E-state index contributed by atoms with van der Waals surface area (Å²) in [6, 6.07) is 6.89. The molecule has 0 heterocycles. The zero-order chi connectivity index (χ0) is 13.9. The fourth-order valence-corrected chi connectivity index (χ4v) is 1.30. The normalized spacial score (nSPS) is 9.89. The fourth-order valence-electron chi connectivity index (χ4n) is 1.30. The largest absolute Gasteiger partial charge is 0.484 e. The summed E-state index contributed by atoms with van der Waals surface area (Å²) in [6.45, 7) is 5.16. The Morgan fingerprint density at radius 2 is 2.05 bits per heavy atom. The van der Waals surface area contributed by atoms with Crippen LogP contribution in [0.25, 0.3) is 0 Å². The summed E-state index contributed by atoms with van der Waals surface area (Å²) in [6.07, 6.45) is 2.60. The van der Waals surface area contributed by atoms with Gasteiger partial charge in [-0.1, -0.05) is 6.08 Å². The van der Waals surface area contributed by atoms with Gasteiger partial charge in [0.05, 0.1) is 13.2 Å². The molecule has 0 saturated carbocycles. The third-order valence-corrected chi connectivity index (χ3v) is 2.28. The Hall–Kier alpha value is -2.01. The number of nitrogen functional groups attached to an aromatic ring is 1. The maximum absolute atomic E-state index is 11.4. The zero-order valence-electron chi connectivity index (χ0n) is 10.9. The molecule has 0 aliphatic carbocycles. The molecule has 5 heteroatoms. The second kappa shape index (κ2) is 8.99. The van der Waals surface area contributed by atoms with Crippen LogP contribution in [0, 0.1) is 0 Å². The van der Waals surface area contributed by atoms with Gasteiger partial charge in [-0.25, -0.2) is 0 Å². The van der Waals surface area contributed by atoms with Gasteiger partial charge in [0.2, 0.25) is 0 Å². The Morgan fingerprint density at radius 1 is 1.32 bits per heavy atom. The monoisotopic (exact) mass is 264 g/mol. The highest BCUT2D eigenvalue weighted by molar-refractivity contribution is 5.77. The lowest BCUT2D eigenvalue weighted by molar-refractivity contribution is -0.123. The van der Waals surface area contributed by atoms with E-state index in [0.717, 1.165) is 6.42 Å². The van der Waals surface area contributed by atoms with Gasteiger partial charge in [0.15, 0.2) is 6.61 Å². The lowest BCUT2D eigenvalue weighted by Gasteiger charge is -2.08. The van der Waals surface area contributed by atoms with Gasteiger partial charge >= 0.3 is 0 Å². The number of carbonyl (C=O) groups excluding carboxylic acids is 1. The molecule has 0 aliphatic rings. The van der Waals surface area contributed by atoms with Gasteiger partial charge in [0.1, 0.15) is 5.75 Å². The second-order valence-corrected chi connectivity index (χ2v) is 3.90. The van der Waals surface area contributed by atoms with E-state index in [-0.39, 0.29) is 12.5 Å². The minimum atomic E-state index is -0.177. The topological polar surface area (TPSA) is 73.6 Å². The molecule has 19 heavy (non-hydrogen) atoms. The Balaban J connectivity index is 2.07. The minimum absolute atomic E-state index is 0.0173. The Bertz CT molecular complexity index is 390. The van der Waals surface area contributed by atoms with Crippen LogP contribution in [0.15, 0.2) is 36.9 Å². The fraction of sp³-hybridized carbons (Fsp3) is 0.357. The summed E-state index contributed by atoms with van der Waals surface area (Å²) in [5.74, 6) is 0.440. The number of hydrogen-bond acceptors (Lipinski definition) is 4. The number of amides is 1. The molecule has 1 aromatic rings. The molecule has 0 unspecified atom stereocenters. The second-order valence-electron chi connectivity index (χ2n) is 3.90. The lowest BCUT2D eigenvalue weighted by atomic mass is 10.3. The molecular weight excluding hydrogens is 244 g/mol. The van der Waals surface area contributed by atoms with Crippen molar-refractivity contribution >= 4 is 11.6 Å². The molecule has 0 bridgehead atoms. The molecule has 1 rings (SSSR count). The molecule has 0 radical (unpaired) electrons. The van der Waals surface area contributed by atoms with Crippen molar-refractivity contribution in [1.29, 1.82) is 0 Å². The Labute approximate surface area is 113 Å². The molecule has 0 spiro atoms. The summed E-state index contributed by atoms with van der Waals surface area (Å²) in [7, 11) is 0. The predicted molar refractivity (Wildman–Crippen MR) is 75.0 cm³/mol. The first kappa shape index (κ1) is 15.0. The molecular formula is C14H20N2O3. The summed E-state index contributed by atoms with van der Waals surface area (Å²) in [4.78, 5) is 11.4. The Morgan fingerprint density at radius 3 is 2.74 bits per heavy atom. The van der Waals surface area contributed by atoms with Crippen LogP contribution in [-0.2, 0) is 9.53 Å². The third-order valence-electron chi connectivity index (χ3n) is 2.28. The van der Waals surface area contributed by atoms with Crippen LogP contribution in [0.2, 0.25) is 0 Å². The van der Waals surface area contributed by atoms with Crippen LogP contribution in [0.1, 0.15) is 6.42 Å². The van der Waals surface area contributed by atoms with Crippen molar-refractivity contribution in [3.8, 4) is 5.75 Å². The SMILES string of the molecule is C=CCCOCCNC(=O)COc1ccc(N)cc1. The van der Waals surface area contributed by atoms with Crippen LogP contribution in [0.4, 0.5) is 5.69 Å². The zero-order valence-corrected chi connectivity index (χ0v) is 10.9. The number of hydrogen-bond donors (Lipinski definition) is 2. The molecule has 0 aliphatic heterocycles. The molecule has 3 N–H and O–H groups in total. The maximum atomic E-state index is 11.4. The first-order valence-electron chi connectivity index (χ1n) is 6.16. The number of ether oxygens (including phenoxy) is 2. The van der Waals surface area contributed by atoms with E-state index in [1.54, 1.807) is 30.3 Å². The van der Waals surface area contributed by atoms with E-state index in [9.17, 15) is 4.79 Å². The highest BCUT2D eigenvalue weighted by Crippen LogP contribution is 2.12. The predicted octanol–water partition coefficient (Wildman–Crippen LogP) is 1.36. The van der Waals surface area contributed by atoms with Crippen molar-refractivity contribution in [3.63, 3.8) is 0 Å². The quantitative estimate of drug-likeness (QED) is 0.401. The van der Waals surface area contributed by atoms with Crippen molar-refractivity contribution in [1.82, 2.24) is 5.32 Å². The number of rotatable bonds is 9. The van der Waals surface area contributed by atoms with Gasteiger partial charge in [0.25, 0.3) is 5.91 Å². The highest BCUT2D eigenvalue weighted by atomic mass is 16.5. The van der Waals surface area contributed by atoms with Crippen molar-refractivity contribution in [2.24, 2.45) is 0 Å². The summed E-state index contributed by atoms with van der Waals surface area (Å²) < 4.78 is 10.6. The van der Waals surface area contributed by atoms with Gasteiger partial charge in [-0.3, -0.25) is 4.79 Å². The third kappa shape index (κ3) is 7.10. The van der Waals surface area contributed by atoms with Gasteiger partial charge in [0, 0.05) is 12.2 Å². The van der Waals surface area contributed by atoms with E-state index in [4.69, 9.17) is 15.2 Å². The number of carbonyl (C=O) groups is 1. The molecule has 0 fully saturated rings. The van der Waals surface area contributed by atoms with Crippen LogP contribution >= 0.6 is 0 Å². The summed E-state index contributed by atoms with van der Waals surface area (Å²) >= 11 is 0. The van der Waals surface area contributed by atoms with E-state index in [1.807, 2.05) is 0 Å². The Kier molecular flexibility index (Phi) is 7.12. The molecule has 0 saturated heterocycles. The summed E-state index contributed by atoms with van der Waals surface area (Å²) in [5.41, 5.74) is 6.20. The van der Waals surface area contributed by atoms with E-state index in [1.165, 1.54) is 0 Å². The molecule has 1 aromatic carbocycles. The minimum Gasteiger partial charge on any atom is -0.484 e. The molecule has 1 amide bonds. The van der Waals surface area contributed by atoms with Crippen LogP contribution in [-0.4, -0.2) is 32.3 Å². The first-order valence-corrected chi connectivity index (χ1v) is 6.16. The standard InChI is InChI=1S/C14H20N2O3/c1-2-3-9-18-10-8-16-14(17)11-19-13-6-4-12(15)5-7-13/h2,4-7H,1,3,8-11,15H2,(H,16,17). The van der Waals surface area contributed by atoms with Crippen LogP contribution < -0.4 is 15.8 Å². The van der Waals surface area contributed by atoms with E-state index in [2.05, 4.69) is 11.9 Å². The van der Waals surface area contributed by atoms with Gasteiger partial charge in [-0.2, -0.15) is 0 Å². The van der Waals surface area contributed by atoms with Gasteiger partial charge in [-0.05, 0) is 30.7 Å². The lowest BCUT2D eigenvalue weighted by Crippen LogP contribution is -2.31. The number of nitrogens with two attached hydrogens (primary N) is 1. The van der Waals surface area contributed by atoms with Crippen LogP contribution in [0.5, 0.6) is 5.75 Å². The van der Waals surface area contributed by atoms with Crippen molar-refractivity contribution in [3.05, 3.63) is 36.9 Å². The average Bonchev–Trinajstić information content (AvgIpc) is 2.42. The number of nitrogens with one attached hydrogen (secondary N) is 1.